The number of nitrogens with one attached hydrogen (secondary N) is 1. The number of esters is 1. The lowest BCUT2D eigenvalue weighted by atomic mass is 10.2. The van der Waals surface area contributed by atoms with Crippen molar-refractivity contribution in [3.63, 3.8) is 0 Å². The number of pyridine rings is 1. The first-order valence-electron chi connectivity index (χ1n) is 6.45. The lowest BCUT2D eigenvalue weighted by molar-refractivity contribution is -0.139. The van der Waals surface area contributed by atoms with E-state index in [-0.39, 0.29) is 21.6 Å². The highest BCUT2D eigenvalue weighted by Crippen LogP contribution is 2.15. The summed E-state index contributed by atoms with van der Waals surface area (Å²) in [5.41, 5.74) is 0.279. The predicted octanol–water partition coefficient (Wildman–Crippen LogP) is 3.37. The summed E-state index contributed by atoms with van der Waals surface area (Å²) in [5.74, 6) is -1.09. The van der Waals surface area contributed by atoms with E-state index < -0.39 is 11.9 Å². The van der Waals surface area contributed by atoms with Gasteiger partial charge in [-0.3, -0.25) is 4.79 Å². The normalized spacial score (nSPS) is 11.1. The number of rotatable bonds is 6. The molecule has 0 atom stereocenters. The Bertz CT molecular complexity index is 539. The Morgan fingerprint density at radius 2 is 1.95 bits per heavy atom. The van der Waals surface area contributed by atoms with E-state index in [1.165, 1.54) is 18.2 Å². The molecule has 0 unspecified atom stereocenters. The molecule has 0 aliphatic heterocycles. The predicted molar refractivity (Wildman–Crippen MR) is 81.3 cm³/mol. The topological polar surface area (TPSA) is 68.3 Å². The summed E-state index contributed by atoms with van der Waals surface area (Å²) in [5, 5.41) is 2.66. The average molecular weight is 331 g/mol. The molecule has 7 heteroatoms. The lowest BCUT2D eigenvalue weighted by Gasteiger charge is -2.09. The van der Waals surface area contributed by atoms with Crippen LogP contribution in [0, 0.1) is 0 Å². The van der Waals surface area contributed by atoms with Crippen molar-refractivity contribution in [3.05, 3.63) is 39.8 Å². The van der Waals surface area contributed by atoms with Crippen LogP contribution in [0.5, 0.6) is 0 Å². The third-order valence-electron chi connectivity index (χ3n) is 2.51. The van der Waals surface area contributed by atoms with Crippen LogP contribution in [0.3, 0.4) is 0 Å². The maximum absolute atomic E-state index is 12.0. The van der Waals surface area contributed by atoms with Gasteiger partial charge in [-0.25, -0.2) is 9.78 Å². The highest BCUT2D eigenvalue weighted by atomic mass is 35.5. The summed E-state index contributed by atoms with van der Waals surface area (Å²) in [6.45, 7) is 3.93. The highest BCUT2D eigenvalue weighted by molar-refractivity contribution is 6.33. The fourth-order valence-corrected chi connectivity index (χ4v) is 1.88. The number of hydrogen-bond acceptors (Lipinski definition) is 4. The fraction of sp³-hybridized carbons (Fsp3) is 0.357. The van der Waals surface area contributed by atoms with Crippen molar-refractivity contribution in [1.29, 1.82) is 0 Å². The molecule has 0 bridgehead atoms. The molecule has 1 aromatic heterocycles. The molecule has 1 amide bonds. The second-order valence-electron chi connectivity index (χ2n) is 4.15. The van der Waals surface area contributed by atoms with Crippen LogP contribution in [0.15, 0.2) is 23.9 Å². The smallest absolute Gasteiger partial charge is 0.354 e. The van der Waals surface area contributed by atoms with E-state index in [4.69, 9.17) is 27.9 Å². The van der Waals surface area contributed by atoms with Crippen LogP contribution in [0.2, 0.25) is 10.3 Å². The third kappa shape index (κ3) is 5.73. The third-order valence-corrected chi connectivity index (χ3v) is 2.90. The molecule has 0 radical (unpaired) electrons. The molecule has 114 valence electrons. The molecule has 1 N–H and O–H groups in total. The summed E-state index contributed by atoms with van der Waals surface area (Å²) < 4.78 is 5.03. The Kier molecular flexibility index (Phi) is 7.19. The minimum Gasteiger partial charge on any atom is -0.461 e. The Morgan fingerprint density at radius 1 is 1.33 bits per heavy atom. The Labute approximate surface area is 133 Å². The maximum Gasteiger partial charge on any atom is 0.354 e. The van der Waals surface area contributed by atoms with E-state index in [9.17, 15) is 9.59 Å². The van der Waals surface area contributed by atoms with Gasteiger partial charge >= 0.3 is 5.97 Å². The summed E-state index contributed by atoms with van der Waals surface area (Å²) in [6.07, 6.45) is 3.15. The van der Waals surface area contributed by atoms with Crippen molar-refractivity contribution in [2.75, 3.05) is 6.61 Å². The van der Waals surface area contributed by atoms with Crippen LogP contribution < -0.4 is 5.32 Å². The molecule has 0 saturated carbocycles. The summed E-state index contributed by atoms with van der Waals surface area (Å²) in [7, 11) is 0. The molecule has 0 saturated heterocycles. The molecule has 0 aliphatic carbocycles. The van der Waals surface area contributed by atoms with Crippen molar-refractivity contribution in [1.82, 2.24) is 10.3 Å². The maximum atomic E-state index is 12.0. The van der Waals surface area contributed by atoms with Crippen LogP contribution in [0.1, 0.15) is 37.0 Å². The van der Waals surface area contributed by atoms with Gasteiger partial charge in [-0.1, -0.05) is 42.6 Å². The fourth-order valence-electron chi connectivity index (χ4n) is 1.42. The van der Waals surface area contributed by atoms with Crippen LogP contribution in [0.4, 0.5) is 0 Å². The first-order chi connectivity index (χ1) is 9.97. The number of hydrogen-bond donors (Lipinski definition) is 1. The number of amides is 1. The summed E-state index contributed by atoms with van der Waals surface area (Å²) in [4.78, 5) is 27.6. The number of carbonyl (C=O) groups is 2. The van der Waals surface area contributed by atoms with Gasteiger partial charge in [0.1, 0.15) is 16.0 Å². The van der Waals surface area contributed by atoms with Crippen LogP contribution in [-0.2, 0) is 9.53 Å². The van der Waals surface area contributed by atoms with Crippen LogP contribution in [0.25, 0.3) is 0 Å². The molecule has 0 aromatic carbocycles. The van der Waals surface area contributed by atoms with E-state index in [1.807, 2.05) is 6.92 Å². The molecule has 0 aliphatic rings. The monoisotopic (exact) mass is 330 g/mol. The zero-order valence-electron chi connectivity index (χ0n) is 11.8. The van der Waals surface area contributed by atoms with Gasteiger partial charge in [-0.15, -0.1) is 0 Å². The van der Waals surface area contributed by atoms with Gasteiger partial charge in [0.25, 0.3) is 5.91 Å². The molecule has 21 heavy (non-hydrogen) atoms. The van der Waals surface area contributed by atoms with Crippen molar-refractivity contribution < 1.29 is 14.3 Å². The zero-order chi connectivity index (χ0) is 15.8. The van der Waals surface area contributed by atoms with E-state index in [0.29, 0.717) is 6.61 Å². The number of carbonyl (C=O) groups excluding carboxylic acids is 2. The summed E-state index contributed by atoms with van der Waals surface area (Å²) >= 11 is 11.5. The molecule has 0 spiro atoms. The Balaban J connectivity index is 2.73. The Hall–Kier alpha value is -1.59. The lowest BCUT2D eigenvalue weighted by Crippen LogP contribution is -2.28. The standard InChI is InChI=1S/C14H16Cl2N2O3/c1-3-5-6-21-14(20)10(4-2)17-13(19)9-7-11(15)18-12(16)8-9/h4,7-8H,3,5-6H2,1-2H3,(H,17,19)/b10-4-. The second kappa shape index (κ2) is 8.64. The molecule has 1 aromatic rings. The Morgan fingerprint density at radius 3 is 2.48 bits per heavy atom. The molecule has 1 rings (SSSR count). The van der Waals surface area contributed by atoms with Crippen molar-refractivity contribution in [2.45, 2.75) is 26.7 Å². The van der Waals surface area contributed by atoms with Crippen LogP contribution >= 0.6 is 23.2 Å². The van der Waals surface area contributed by atoms with E-state index in [2.05, 4.69) is 10.3 Å². The number of aromatic nitrogens is 1. The second-order valence-corrected chi connectivity index (χ2v) is 4.92. The number of allylic oxidation sites excluding steroid dienone is 1. The van der Waals surface area contributed by atoms with E-state index in [0.717, 1.165) is 12.8 Å². The highest BCUT2D eigenvalue weighted by Gasteiger charge is 2.15. The summed E-state index contributed by atoms with van der Waals surface area (Å²) in [6, 6.07) is 2.72. The van der Waals surface area contributed by atoms with Crippen molar-refractivity contribution in [3.8, 4) is 0 Å². The van der Waals surface area contributed by atoms with E-state index in [1.54, 1.807) is 6.92 Å². The molecular formula is C14H16Cl2N2O3. The van der Waals surface area contributed by atoms with Gasteiger partial charge in [0.15, 0.2) is 0 Å². The SMILES string of the molecule is C/C=C(\NC(=O)c1cc(Cl)nc(Cl)c1)C(=O)OCCCC. The number of halogens is 2. The quantitative estimate of drug-likeness (QED) is 0.376. The van der Waals surface area contributed by atoms with Gasteiger partial charge in [0, 0.05) is 5.56 Å². The average Bonchev–Trinajstić information content (AvgIpc) is 2.43. The van der Waals surface area contributed by atoms with Gasteiger partial charge in [0.2, 0.25) is 0 Å². The largest absolute Gasteiger partial charge is 0.461 e. The van der Waals surface area contributed by atoms with Gasteiger partial charge < -0.3 is 10.1 Å². The zero-order valence-corrected chi connectivity index (χ0v) is 13.3. The molecule has 1 heterocycles. The van der Waals surface area contributed by atoms with E-state index >= 15 is 0 Å². The molecular weight excluding hydrogens is 315 g/mol. The van der Waals surface area contributed by atoms with Crippen LogP contribution in [-0.4, -0.2) is 23.5 Å². The van der Waals surface area contributed by atoms with Crippen molar-refractivity contribution in [2.24, 2.45) is 0 Å². The van der Waals surface area contributed by atoms with Gasteiger partial charge in [-0.2, -0.15) is 0 Å². The first kappa shape index (κ1) is 17.5. The number of unbranched alkanes of at least 4 members (excludes halogenated alkanes) is 1. The van der Waals surface area contributed by atoms with Gasteiger partial charge in [0.05, 0.1) is 6.61 Å². The molecule has 0 fully saturated rings. The van der Waals surface area contributed by atoms with Gasteiger partial charge in [-0.05, 0) is 25.5 Å². The van der Waals surface area contributed by atoms with Crippen molar-refractivity contribution >= 4 is 35.1 Å². The molecule has 5 nitrogen and oxygen atoms in total. The first-order valence-corrected chi connectivity index (χ1v) is 7.21. The number of nitrogens with zero attached hydrogens (tertiary/aromatic N) is 1. The minimum atomic E-state index is -0.578. The number of ether oxygens (including phenoxy) is 1. The minimum absolute atomic E-state index is 0.0696.